The lowest BCUT2D eigenvalue weighted by atomic mass is 9.71. The predicted octanol–water partition coefficient (Wildman–Crippen LogP) is 3.89. The smallest absolute Gasteiger partial charge is 0.223 e. The van der Waals surface area contributed by atoms with Gasteiger partial charge < -0.3 is 25.0 Å². The number of hydrogen-bond acceptors (Lipinski definition) is 8. The maximum absolute atomic E-state index is 15.4. The van der Waals surface area contributed by atoms with Gasteiger partial charge in [-0.15, -0.1) is 0 Å². The molecule has 6 rings (SSSR count). The number of nitrogens with zero attached hydrogens (tertiary/aromatic N) is 3. The summed E-state index contributed by atoms with van der Waals surface area (Å²) in [6, 6.07) is 2.94. The Bertz CT molecular complexity index is 1210. The third-order valence-corrected chi connectivity index (χ3v) is 7.88. The number of ether oxygens (including phenoxy) is 2. The fourth-order valence-electron chi connectivity index (χ4n) is 6.10. The lowest BCUT2D eigenvalue weighted by Gasteiger charge is -2.33. The average Bonchev–Trinajstić information content (AvgIpc) is 3.52. The van der Waals surface area contributed by atoms with E-state index in [0.29, 0.717) is 30.0 Å². The summed E-state index contributed by atoms with van der Waals surface area (Å²) < 4.78 is 26.5. The van der Waals surface area contributed by atoms with Crippen molar-refractivity contribution in [3.05, 3.63) is 34.7 Å². The van der Waals surface area contributed by atoms with E-state index in [2.05, 4.69) is 20.3 Å². The van der Waals surface area contributed by atoms with Crippen molar-refractivity contribution in [2.45, 2.75) is 81.5 Å². The Morgan fingerprint density at radius 1 is 1.26 bits per heavy atom. The minimum atomic E-state index is -1.16. The van der Waals surface area contributed by atoms with Crippen molar-refractivity contribution in [2.75, 3.05) is 11.9 Å². The molecule has 186 valence electrons. The summed E-state index contributed by atoms with van der Waals surface area (Å²) >= 11 is 6.48. The van der Waals surface area contributed by atoms with Crippen LogP contribution in [-0.4, -0.2) is 62.6 Å². The van der Waals surface area contributed by atoms with Gasteiger partial charge in [-0.3, -0.25) is 4.99 Å². The van der Waals surface area contributed by atoms with Gasteiger partial charge in [0, 0.05) is 11.0 Å². The average molecular weight is 503 g/mol. The van der Waals surface area contributed by atoms with Crippen molar-refractivity contribution in [1.82, 2.24) is 9.97 Å². The zero-order valence-electron chi connectivity index (χ0n) is 19.6. The Kier molecular flexibility index (Phi) is 5.43. The first-order valence-electron chi connectivity index (χ1n) is 12.1. The van der Waals surface area contributed by atoms with Crippen molar-refractivity contribution in [2.24, 2.45) is 4.99 Å². The highest BCUT2D eigenvalue weighted by Gasteiger charge is 2.51. The van der Waals surface area contributed by atoms with E-state index in [1.165, 1.54) is 12.3 Å². The molecule has 3 fully saturated rings. The SMILES string of the molecule is CC(C)(O)C1=Nc2c(F)cc(-c3nc(N[C@@H]4C[C@H]5CO[C@H](O5)[C@H]4O)ncc3Cl)cc2C12CCCC2. The highest BCUT2D eigenvalue weighted by Crippen LogP contribution is 2.54. The third kappa shape index (κ3) is 3.76. The van der Waals surface area contributed by atoms with Crippen molar-refractivity contribution >= 4 is 28.9 Å². The van der Waals surface area contributed by atoms with E-state index in [0.717, 1.165) is 31.2 Å². The number of fused-ring (bicyclic) bond motifs is 4. The normalized spacial score (nSPS) is 28.9. The quantitative estimate of drug-likeness (QED) is 0.582. The molecule has 1 aliphatic carbocycles. The van der Waals surface area contributed by atoms with Gasteiger partial charge in [0.2, 0.25) is 5.95 Å². The molecule has 3 N–H and O–H groups in total. The van der Waals surface area contributed by atoms with Gasteiger partial charge in [-0.25, -0.2) is 14.4 Å². The van der Waals surface area contributed by atoms with Crippen LogP contribution < -0.4 is 5.32 Å². The number of aliphatic imine (C=N–C) groups is 1. The van der Waals surface area contributed by atoms with Crippen LogP contribution in [0.3, 0.4) is 0 Å². The Hall–Kier alpha value is -2.17. The number of nitrogens with one attached hydrogen (secondary N) is 1. The highest BCUT2D eigenvalue weighted by molar-refractivity contribution is 6.33. The number of aromatic nitrogens is 2. The highest BCUT2D eigenvalue weighted by atomic mass is 35.5. The number of benzene rings is 1. The summed E-state index contributed by atoms with van der Waals surface area (Å²) in [6.45, 7) is 3.85. The Balaban J connectivity index is 1.37. The number of hydrogen-bond donors (Lipinski definition) is 3. The lowest BCUT2D eigenvalue weighted by Crippen LogP contribution is -2.48. The molecule has 1 aromatic carbocycles. The molecule has 3 aliphatic heterocycles. The van der Waals surface area contributed by atoms with Crippen molar-refractivity contribution in [3.63, 3.8) is 0 Å². The summed E-state index contributed by atoms with van der Waals surface area (Å²) in [6.07, 6.45) is 3.98. The first-order chi connectivity index (χ1) is 16.7. The molecule has 2 bridgehead atoms. The second kappa shape index (κ2) is 8.18. The van der Waals surface area contributed by atoms with Crippen LogP contribution in [-0.2, 0) is 14.9 Å². The van der Waals surface area contributed by atoms with Gasteiger partial charge in [0.05, 0.1) is 47.0 Å². The van der Waals surface area contributed by atoms with E-state index in [-0.39, 0.29) is 28.8 Å². The number of aliphatic hydroxyl groups excluding tert-OH is 1. The molecule has 35 heavy (non-hydrogen) atoms. The van der Waals surface area contributed by atoms with Gasteiger partial charge in [0.25, 0.3) is 0 Å². The number of halogens is 2. The molecular formula is C25H28ClFN4O4. The van der Waals surface area contributed by atoms with Crippen LogP contribution in [0.5, 0.6) is 0 Å². The number of anilines is 1. The summed E-state index contributed by atoms with van der Waals surface area (Å²) in [5.41, 5.74) is 0.943. The Morgan fingerprint density at radius 3 is 2.77 bits per heavy atom. The lowest BCUT2D eigenvalue weighted by molar-refractivity contribution is -0.156. The van der Waals surface area contributed by atoms with Crippen LogP contribution >= 0.6 is 11.6 Å². The van der Waals surface area contributed by atoms with E-state index in [9.17, 15) is 10.2 Å². The van der Waals surface area contributed by atoms with E-state index in [4.69, 9.17) is 21.1 Å². The second-order valence-corrected chi connectivity index (χ2v) is 10.9. The van der Waals surface area contributed by atoms with E-state index in [1.807, 2.05) is 6.07 Å². The zero-order chi connectivity index (χ0) is 24.5. The standard InChI is InChI=1S/C25H28ClFN4O4/c1-24(2,33)22-25(5-3-4-6-25)14-7-12(8-16(27)19(14)30-22)18-15(26)10-28-23(31-18)29-17-9-13-11-34-21(35-13)20(17)32/h7-8,10,13,17,20-21,32-33H,3-6,9,11H2,1-2H3,(H,28,29,31)/t13-,17+,20-,21+/m0/s1. The first kappa shape index (κ1) is 23.2. The fraction of sp³-hybridized carbons (Fsp3) is 0.560. The van der Waals surface area contributed by atoms with Gasteiger partial charge >= 0.3 is 0 Å². The molecule has 0 unspecified atom stereocenters. The van der Waals surface area contributed by atoms with Crippen LogP contribution in [0.15, 0.2) is 23.3 Å². The summed E-state index contributed by atoms with van der Waals surface area (Å²) in [5.74, 6) is -0.194. The first-order valence-corrected chi connectivity index (χ1v) is 12.4. The van der Waals surface area contributed by atoms with Crippen molar-refractivity contribution < 1.29 is 24.1 Å². The maximum atomic E-state index is 15.4. The van der Waals surface area contributed by atoms with Crippen LogP contribution in [0.2, 0.25) is 5.02 Å². The maximum Gasteiger partial charge on any atom is 0.223 e. The third-order valence-electron chi connectivity index (χ3n) is 7.61. The largest absolute Gasteiger partial charge is 0.386 e. The van der Waals surface area contributed by atoms with Crippen LogP contribution in [0.25, 0.3) is 11.3 Å². The van der Waals surface area contributed by atoms with Gasteiger partial charge in [0.15, 0.2) is 6.29 Å². The number of rotatable bonds is 4. The number of aliphatic hydroxyl groups is 2. The molecule has 2 aromatic rings. The molecule has 1 aromatic heterocycles. The molecule has 1 saturated carbocycles. The molecule has 1 spiro atoms. The van der Waals surface area contributed by atoms with Crippen LogP contribution in [0.1, 0.15) is 51.5 Å². The van der Waals surface area contributed by atoms with Crippen LogP contribution in [0.4, 0.5) is 16.0 Å². The van der Waals surface area contributed by atoms with Gasteiger partial charge in [-0.05, 0) is 50.8 Å². The van der Waals surface area contributed by atoms with Gasteiger partial charge in [-0.2, -0.15) is 0 Å². The van der Waals surface area contributed by atoms with Gasteiger partial charge in [-0.1, -0.05) is 24.4 Å². The molecule has 0 amide bonds. The van der Waals surface area contributed by atoms with E-state index < -0.39 is 29.2 Å². The molecule has 10 heteroatoms. The molecule has 4 aliphatic rings. The molecular weight excluding hydrogens is 475 g/mol. The monoisotopic (exact) mass is 502 g/mol. The van der Waals surface area contributed by atoms with E-state index in [1.54, 1.807) is 13.8 Å². The molecule has 4 heterocycles. The fourth-order valence-corrected chi connectivity index (χ4v) is 6.30. The van der Waals surface area contributed by atoms with E-state index >= 15 is 4.39 Å². The molecule has 0 radical (unpaired) electrons. The molecule has 4 atom stereocenters. The minimum absolute atomic E-state index is 0.0916. The molecule has 2 saturated heterocycles. The van der Waals surface area contributed by atoms with Gasteiger partial charge in [0.1, 0.15) is 17.6 Å². The Labute approximate surface area is 207 Å². The zero-order valence-corrected chi connectivity index (χ0v) is 20.3. The minimum Gasteiger partial charge on any atom is -0.386 e. The van der Waals surface area contributed by atoms with Crippen molar-refractivity contribution in [3.8, 4) is 11.3 Å². The topological polar surface area (TPSA) is 109 Å². The predicted molar refractivity (Wildman–Crippen MR) is 129 cm³/mol. The Morgan fingerprint density at radius 2 is 2.03 bits per heavy atom. The summed E-state index contributed by atoms with van der Waals surface area (Å²) in [4.78, 5) is 13.5. The summed E-state index contributed by atoms with van der Waals surface area (Å²) in [5, 5.41) is 24.8. The van der Waals surface area contributed by atoms with Crippen molar-refractivity contribution in [1.29, 1.82) is 0 Å². The second-order valence-electron chi connectivity index (χ2n) is 10.5. The summed E-state index contributed by atoms with van der Waals surface area (Å²) in [7, 11) is 0. The molecule has 8 nitrogen and oxygen atoms in total. The van der Waals surface area contributed by atoms with Crippen LogP contribution in [0, 0.1) is 5.82 Å².